The average Bonchev–Trinajstić information content (AvgIpc) is 1.00. The molecule has 0 aliphatic rings. The van der Waals surface area contributed by atoms with Crippen molar-refractivity contribution in [2.45, 2.75) is 0 Å². The first-order valence-electron chi connectivity index (χ1n) is 0.333. The molecule has 6 heavy (non-hydrogen) atoms. The Balaban J connectivity index is -0.000000000833. The zero-order chi connectivity index (χ0) is 2.00. The molecule has 0 N–H and O–H groups in total. The monoisotopic (exact) mass is 589 g/mol. The van der Waals surface area contributed by atoms with Gasteiger partial charge in [0.15, 0.2) is 17.4 Å². The summed E-state index contributed by atoms with van der Waals surface area (Å²) >= 11 is 2.67. The number of hydrogen-bond donors (Lipinski definition) is 0. The first-order chi connectivity index (χ1) is 1.00. The van der Waals surface area contributed by atoms with Crippen molar-refractivity contribution in [3.8, 4) is 0 Å². The number of hydrogen-bond acceptors (Lipinski definition) is 0. The molecule has 46 valence electrons. The molecule has 0 aromatic heterocycles. The van der Waals surface area contributed by atoms with Crippen LogP contribution in [0.15, 0.2) is 0 Å². The smallest absolute Gasteiger partial charge is 0 e. The zero-order valence-corrected chi connectivity index (χ0v) is 12.6. The minimum absolute atomic E-state index is 0. The Bertz CT molecular complexity index is 11.5. The second-order valence-corrected chi connectivity index (χ2v) is 0. The van der Waals surface area contributed by atoms with Crippen LogP contribution < -0.4 is 0 Å². The first kappa shape index (κ1) is 33.9. The van der Waals surface area contributed by atoms with Crippen LogP contribution in [0.25, 0.3) is 0 Å². The molecule has 0 atom stereocenters. The van der Waals surface area contributed by atoms with Crippen molar-refractivity contribution in [3.63, 3.8) is 0 Å². The minimum atomic E-state index is 0. The summed E-state index contributed by atoms with van der Waals surface area (Å²) in [7, 11) is 0. The van der Waals surface area contributed by atoms with Crippen molar-refractivity contribution in [1.29, 1.82) is 0 Å². The van der Waals surface area contributed by atoms with E-state index >= 15 is 0 Å². The maximum atomic E-state index is 1.33. The van der Waals surface area contributed by atoms with E-state index in [1.165, 1.54) is 39.9 Å². The van der Waals surface area contributed by atoms with Gasteiger partial charge in [0.05, 0.1) is 0 Å². The maximum absolute atomic E-state index is 1.33. The van der Waals surface area contributed by atoms with Crippen molar-refractivity contribution >= 4 is 67.3 Å². The molecule has 0 heterocycles. The van der Waals surface area contributed by atoms with Gasteiger partial charge in [0.25, 0.3) is 0 Å². The normalized spacial score (nSPS) is 1.00. The van der Waals surface area contributed by atoms with Crippen molar-refractivity contribution in [3.05, 3.63) is 0 Å². The summed E-state index contributed by atoms with van der Waals surface area (Å²) in [6.45, 7) is 0. The molecule has 0 amide bonds. The molecule has 0 aromatic carbocycles. The van der Waals surface area contributed by atoms with Crippen LogP contribution in [0.4, 0.5) is 0 Å². The van der Waals surface area contributed by atoms with E-state index in [0.717, 1.165) is 0 Å². The van der Waals surface area contributed by atoms with Gasteiger partial charge in [-0.15, -0.1) is 0 Å². The van der Waals surface area contributed by atoms with Gasteiger partial charge < -0.3 is 0 Å². The van der Waals surface area contributed by atoms with Gasteiger partial charge in [0, 0.05) is 34.1 Å². The van der Waals surface area contributed by atoms with Crippen molar-refractivity contribution in [2.75, 3.05) is 0 Å². The molecule has 0 saturated heterocycles. The van der Waals surface area contributed by atoms with Crippen LogP contribution in [-0.4, -0.2) is 67.3 Å². The van der Waals surface area contributed by atoms with Gasteiger partial charge in [0.2, 0.25) is 0 Å². The molecular weight excluding hydrogens is 581 g/mol. The Morgan fingerprint density at radius 2 is 0.833 bits per heavy atom. The predicted molar refractivity (Wildman–Crippen MR) is 35.6 cm³/mol. The molecule has 0 bridgehead atoms. The largest absolute Gasteiger partial charge is 0 e. The van der Waals surface area contributed by atoms with E-state index in [9.17, 15) is 0 Å². The molecule has 0 unspecified atom stereocenters. The summed E-state index contributed by atoms with van der Waals surface area (Å²) in [4.78, 5) is 0. The van der Waals surface area contributed by atoms with Crippen LogP contribution in [0, 0.1) is 0 Å². The Hall–Kier alpha value is 3.51. The molecular formula is H9AlBeBi2Cu2. The molecule has 0 spiro atoms. The van der Waals surface area contributed by atoms with Gasteiger partial charge in [-0.05, 0) is 0 Å². The molecule has 0 aliphatic heterocycles. The fraction of sp³-hybridized carbons (Fsp3) is 0. The van der Waals surface area contributed by atoms with Gasteiger partial charge in [-0.3, -0.25) is 0 Å². The third-order valence-electron chi connectivity index (χ3n) is 0. The third kappa shape index (κ3) is 25.8. The fourth-order valence-corrected chi connectivity index (χ4v) is 0. The van der Waals surface area contributed by atoms with E-state index in [4.69, 9.17) is 0 Å². The summed E-state index contributed by atoms with van der Waals surface area (Å²) in [5.74, 6) is 0. The zero-order valence-electron chi connectivity index (χ0n) is 1.76. The molecule has 0 nitrogen and oxygen atoms in total. The van der Waals surface area contributed by atoms with E-state index in [1.807, 2.05) is 0 Å². The molecule has 0 aromatic rings. The van der Waals surface area contributed by atoms with E-state index < -0.39 is 0 Å². The Kier molecular flexibility index (Phi) is 220. The van der Waals surface area contributed by atoms with E-state index in [-0.39, 0.29) is 61.6 Å². The second kappa shape index (κ2) is 39.0. The van der Waals surface area contributed by atoms with Crippen LogP contribution in [0.3, 0.4) is 0 Å². The predicted octanol–water partition coefficient (Wildman–Crippen LogP) is -3.94. The Morgan fingerprint density at radius 3 is 0.833 bits per heavy atom. The van der Waals surface area contributed by atoms with Crippen LogP contribution >= 0.6 is 0 Å². The van der Waals surface area contributed by atoms with Crippen molar-refractivity contribution in [1.82, 2.24) is 0 Å². The van der Waals surface area contributed by atoms with Crippen LogP contribution in [0.1, 0.15) is 0 Å². The van der Waals surface area contributed by atoms with E-state index in [1.54, 1.807) is 0 Å². The van der Waals surface area contributed by atoms with Gasteiger partial charge in [-0.25, -0.2) is 0 Å². The molecule has 0 rings (SSSR count). The second-order valence-electron chi connectivity index (χ2n) is 0. The first-order valence-corrected chi connectivity index (χ1v) is 25.7. The minimum Gasteiger partial charge on any atom is 0 e. The topological polar surface area (TPSA) is 0 Å². The summed E-state index contributed by atoms with van der Waals surface area (Å²) in [5, 5.41) is 0. The molecule has 0 saturated carbocycles. The molecule has 2 radical (unpaired) electrons. The Morgan fingerprint density at radius 1 is 0.833 bits per heavy atom. The number of rotatable bonds is 0. The van der Waals surface area contributed by atoms with Gasteiger partial charge in [-0.1, -0.05) is 0 Å². The fourth-order valence-electron chi connectivity index (χ4n) is 0. The average molecular weight is 590 g/mol. The molecule has 0 aliphatic carbocycles. The summed E-state index contributed by atoms with van der Waals surface area (Å²) in [6.07, 6.45) is 0. The molecule has 6 heteroatoms. The molecule has 0 fully saturated rings. The van der Waals surface area contributed by atoms with E-state index in [2.05, 4.69) is 0 Å². The quantitative estimate of drug-likeness (QED) is 0.253. The summed E-state index contributed by atoms with van der Waals surface area (Å²) in [5.41, 5.74) is 0. The van der Waals surface area contributed by atoms with Crippen molar-refractivity contribution < 1.29 is 34.1 Å². The third-order valence-corrected chi connectivity index (χ3v) is 0. The van der Waals surface area contributed by atoms with Crippen LogP contribution in [-0.2, 0) is 34.1 Å². The van der Waals surface area contributed by atoms with Crippen molar-refractivity contribution in [2.24, 2.45) is 0 Å². The standard InChI is InChI=1S/Al.Be.2Bi.2Cu.9H. The van der Waals surface area contributed by atoms with Gasteiger partial charge >= 0.3 is 50.0 Å². The summed E-state index contributed by atoms with van der Waals surface area (Å²) < 4.78 is 0. The van der Waals surface area contributed by atoms with Gasteiger partial charge in [0.1, 0.15) is 0 Å². The van der Waals surface area contributed by atoms with Crippen LogP contribution in [0.5, 0.6) is 0 Å². The SMILES string of the molecule is [AlH3].[BeH2].[BiH2][BiH2].[Cu].[Cu]. The maximum Gasteiger partial charge on any atom is 0 e. The summed E-state index contributed by atoms with van der Waals surface area (Å²) in [6, 6.07) is 0. The van der Waals surface area contributed by atoms with Crippen LogP contribution in [0.2, 0.25) is 0 Å². The van der Waals surface area contributed by atoms with E-state index in [0.29, 0.717) is 0 Å². The Labute approximate surface area is 99.3 Å². The van der Waals surface area contributed by atoms with Gasteiger partial charge in [-0.2, -0.15) is 0 Å².